The van der Waals surface area contributed by atoms with E-state index >= 15 is 0 Å². The van der Waals surface area contributed by atoms with E-state index in [2.05, 4.69) is 4.98 Å². The van der Waals surface area contributed by atoms with Gasteiger partial charge in [-0.25, -0.2) is 4.79 Å². The Kier molecular flexibility index (Phi) is 6.34. The van der Waals surface area contributed by atoms with Gasteiger partial charge in [0.1, 0.15) is 18.1 Å². The molecule has 1 heterocycles. The van der Waals surface area contributed by atoms with Crippen molar-refractivity contribution in [2.75, 3.05) is 14.2 Å². The van der Waals surface area contributed by atoms with Gasteiger partial charge in [-0.1, -0.05) is 29.8 Å². The third kappa shape index (κ3) is 4.53. The van der Waals surface area contributed by atoms with E-state index in [0.29, 0.717) is 28.6 Å². The summed E-state index contributed by atoms with van der Waals surface area (Å²) < 4.78 is 21.6. The summed E-state index contributed by atoms with van der Waals surface area (Å²) in [4.78, 5) is 16.5. The predicted molar refractivity (Wildman–Crippen MR) is 104 cm³/mol. The minimum absolute atomic E-state index is 0.0290. The van der Waals surface area contributed by atoms with Crippen molar-refractivity contribution in [1.82, 2.24) is 4.98 Å². The summed E-state index contributed by atoms with van der Waals surface area (Å²) in [6, 6.07) is 13.9. The number of benzene rings is 2. The second kappa shape index (κ2) is 9.10. The molecule has 2 aromatic carbocycles. The molecule has 1 aromatic heterocycles. The van der Waals surface area contributed by atoms with Crippen molar-refractivity contribution in [3.63, 3.8) is 0 Å². The summed E-state index contributed by atoms with van der Waals surface area (Å²) in [5.74, 6) is 1.33. The largest absolute Gasteiger partial charge is 0.493 e. The Morgan fingerprint density at radius 3 is 2.57 bits per heavy atom. The zero-order valence-corrected chi connectivity index (χ0v) is 16.1. The van der Waals surface area contributed by atoms with Crippen LogP contribution in [0.1, 0.15) is 15.9 Å². The number of esters is 1. The molecule has 0 radical (unpaired) electrons. The second-order valence-corrected chi connectivity index (χ2v) is 6.08. The number of carbonyl (C=O) groups excluding carboxylic acids is 1. The molecule has 0 bridgehead atoms. The number of aromatic nitrogens is 1. The molecule has 0 aliphatic heterocycles. The standard InChI is InChI=1S/C21H18ClNO5/c1-25-19-11-15(10-17(22)20(19)26-2)21(24)27-13-14-6-3-4-8-18(14)28-16-7-5-9-23-12-16/h3-12H,13H2,1-2H3. The summed E-state index contributed by atoms with van der Waals surface area (Å²) in [7, 11) is 2.94. The third-order valence-electron chi connectivity index (χ3n) is 3.86. The zero-order chi connectivity index (χ0) is 19.9. The Morgan fingerprint density at radius 1 is 1.04 bits per heavy atom. The molecular weight excluding hydrogens is 382 g/mol. The minimum Gasteiger partial charge on any atom is -0.493 e. The van der Waals surface area contributed by atoms with Crippen LogP contribution in [0.5, 0.6) is 23.0 Å². The Bertz CT molecular complexity index is 962. The highest BCUT2D eigenvalue weighted by Gasteiger charge is 2.17. The molecule has 0 atom stereocenters. The molecule has 0 aliphatic rings. The maximum Gasteiger partial charge on any atom is 0.338 e. The highest BCUT2D eigenvalue weighted by atomic mass is 35.5. The first-order valence-corrected chi connectivity index (χ1v) is 8.74. The fraction of sp³-hybridized carbons (Fsp3) is 0.143. The van der Waals surface area contributed by atoms with E-state index in [-0.39, 0.29) is 17.2 Å². The second-order valence-electron chi connectivity index (χ2n) is 5.67. The number of halogens is 1. The lowest BCUT2D eigenvalue weighted by Crippen LogP contribution is -2.07. The molecule has 7 heteroatoms. The predicted octanol–water partition coefficient (Wildman–Crippen LogP) is 4.90. The molecule has 0 fully saturated rings. The topological polar surface area (TPSA) is 66.9 Å². The van der Waals surface area contributed by atoms with Gasteiger partial charge in [-0.05, 0) is 30.3 Å². The van der Waals surface area contributed by atoms with E-state index in [4.69, 9.17) is 30.5 Å². The van der Waals surface area contributed by atoms with Crippen LogP contribution >= 0.6 is 11.6 Å². The van der Waals surface area contributed by atoms with E-state index in [1.54, 1.807) is 30.6 Å². The first kappa shape index (κ1) is 19.5. The highest BCUT2D eigenvalue weighted by molar-refractivity contribution is 6.32. The van der Waals surface area contributed by atoms with Crippen LogP contribution in [0.4, 0.5) is 0 Å². The SMILES string of the molecule is COc1cc(C(=O)OCc2ccccc2Oc2cccnc2)cc(Cl)c1OC. The lowest BCUT2D eigenvalue weighted by molar-refractivity contribution is 0.0470. The van der Waals surface area contributed by atoms with Crippen LogP contribution in [0.15, 0.2) is 60.9 Å². The van der Waals surface area contributed by atoms with Gasteiger partial charge in [0, 0.05) is 11.8 Å². The zero-order valence-electron chi connectivity index (χ0n) is 15.3. The summed E-state index contributed by atoms with van der Waals surface area (Å²) >= 11 is 6.15. The summed E-state index contributed by atoms with van der Waals surface area (Å²) in [6.07, 6.45) is 3.27. The van der Waals surface area contributed by atoms with Crippen molar-refractivity contribution in [2.45, 2.75) is 6.61 Å². The van der Waals surface area contributed by atoms with Crippen LogP contribution in [0.2, 0.25) is 5.02 Å². The van der Waals surface area contributed by atoms with Crippen LogP contribution in [-0.4, -0.2) is 25.2 Å². The average molecular weight is 400 g/mol. The number of para-hydroxylation sites is 1. The molecule has 0 N–H and O–H groups in total. The molecule has 0 amide bonds. The van der Waals surface area contributed by atoms with Gasteiger partial charge < -0.3 is 18.9 Å². The summed E-state index contributed by atoms with van der Waals surface area (Å²) in [5, 5.41) is 0.258. The van der Waals surface area contributed by atoms with E-state index in [1.807, 2.05) is 18.2 Å². The van der Waals surface area contributed by atoms with Gasteiger partial charge in [0.2, 0.25) is 0 Å². The van der Waals surface area contributed by atoms with Gasteiger partial charge in [0.15, 0.2) is 11.5 Å². The molecular formula is C21H18ClNO5. The van der Waals surface area contributed by atoms with Crippen LogP contribution in [-0.2, 0) is 11.3 Å². The number of rotatable bonds is 7. The molecule has 3 rings (SSSR count). The maximum atomic E-state index is 12.5. The van der Waals surface area contributed by atoms with Gasteiger partial charge in [-0.2, -0.15) is 0 Å². The third-order valence-corrected chi connectivity index (χ3v) is 4.14. The lowest BCUT2D eigenvalue weighted by Gasteiger charge is -2.13. The Labute approximate surface area is 167 Å². The average Bonchev–Trinajstić information content (AvgIpc) is 2.73. The van der Waals surface area contributed by atoms with Crippen molar-refractivity contribution in [2.24, 2.45) is 0 Å². The normalized spacial score (nSPS) is 10.2. The molecule has 0 saturated carbocycles. The fourth-order valence-electron chi connectivity index (χ4n) is 2.52. The number of carbonyl (C=O) groups is 1. The van der Waals surface area contributed by atoms with Crippen molar-refractivity contribution >= 4 is 17.6 Å². The number of pyridine rings is 1. The first-order chi connectivity index (χ1) is 13.6. The fourth-order valence-corrected chi connectivity index (χ4v) is 2.81. The number of methoxy groups -OCH3 is 2. The van der Waals surface area contributed by atoms with Crippen LogP contribution in [0, 0.1) is 0 Å². The molecule has 144 valence electrons. The van der Waals surface area contributed by atoms with Gasteiger partial charge in [-0.15, -0.1) is 0 Å². The van der Waals surface area contributed by atoms with Crippen LogP contribution in [0.3, 0.4) is 0 Å². The lowest BCUT2D eigenvalue weighted by atomic mass is 10.2. The molecule has 3 aromatic rings. The molecule has 0 spiro atoms. The smallest absolute Gasteiger partial charge is 0.338 e. The van der Waals surface area contributed by atoms with Gasteiger partial charge in [0.25, 0.3) is 0 Å². The van der Waals surface area contributed by atoms with Gasteiger partial charge >= 0.3 is 5.97 Å². The number of nitrogens with zero attached hydrogens (tertiary/aromatic N) is 1. The van der Waals surface area contributed by atoms with Crippen LogP contribution in [0.25, 0.3) is 0 Å². The number of hydrogen-bond donors (Lipinski definition) is 0. The Hall–Kier alpha value is -3.25. The van der Waals surface area contributed by atoms with E-state index in [9.17, 15) is 4.79 Å². The van der Waals surface area contributed by atoms with Crippen LogP contribution < -0.4 is 14.2 Å². The van der Waals surface area contributed by atoms with Crippen molar-refractivity contribution in [3.8, 4) is 23.0 Å². The van der Waals surface area contributed by atoms with Crippen molar-refractivity contribution in [1.29, 1.82) is 0 Å². The van der Waals surface area contributed by atoms with Gasteiger partial charge in [-0.3, -0.25) is 4.98 Å². The Balaban J connectivity index is 1.74. The minimum atomic E-state index is -0.543. The van der Waals surface area contributed by atoms with E-state index in [0.717, 1.165) is 0 Å². The maximum absolute atomic E-state index is 12.5. The first-order valence-electron chi connectivity index (χ1n) is 8.36. The van der Waals surface area contributed by atoms with Gasteiger partial charge in [0.05, 0.1) is 31.0 Å². The number of hydrogen-bond acceptors (Lipinski definition) is 6. The molecule has 0 unspecified atom stereocenters. The van der Waals surface area contributed by atoms with E-state index in [1.165, 1.54) is 26.4 Å². The van der Waals surface area contributed by atoms with Crippen molar-refractivity contribution < 1.29 is 23.7 Å². The monoisotopic (exact) mass is 399 g/mol. The molecule has 0 saturated heterocycles. The summed E-state index contributed by atoms with van der Waals surface area (Å²) in [6.45, 7) is 0.0290. The van der Waals surface area contributed by atoms with E-state index < -0.39 is 5.97 Å². The molecule has 0 aliphatic carbocycles. The molecule has 28 heavy (non-hydrogen) atoms. The quantitative estimate of drug-likeness (QED) is 0.526. The van der Waals surface area contributed by atoms with Crippen molar-refractivity contribution in [3.05, 3.63) is 77.1 Å². The highest BCUT2D eigenvalue weighted by Crippen LogP contribution is 2.36. The Morgan fingerprint density at radius 2 is 1.86 bits per heavy atom. The summed E-state index contributed by atoms with van der Waals surface area (Å²) in [5.41, 5.74) is 0.972. The number of ether oxygens (including phenoxy) is 4. The molecule has 6 nitrogen and oxygen atoms in total.